The van der Waals surface area contributed by atoms with Crippen molar-refractivity contribution in [2.24, 2.45) is 5.41 Å². The molecule has 1 unspecified atom stereocenters. The summed E-state index contributed by atoms with van der Waals surface area (Å²) in [5.74, 6) is 0. The molecule has 14 heavy (non-hydrogen) atoms. The average molecular weight is 194 g/mol. The molecule has 0 bridgehead atoms. The maximum Gasteiger partial charge on any atom is 0.0534 e. The van der Waals surface area contributed by atoms with E-state index in [2.05, 4.69) is 32.1 Å². The van der Waals surface area contributed by atoms with E-state index in [-0.39, 0.29) is 17.4 Å². The molecule has 1 aliphatic carbocycles. The van der Waals surface area contributed by atoms with Crippen molar-refractivity contribution in [3.05, 3.63) is 18.0 Å². The van der Waals surface area contributed by atoms with Crippen molar-refractivity contribution >= 4 is 0 Å². The molecule has 0 saturated heterocycles. The molecule has 1 heterocycles. The molecule has 0 radical (unpaired) electrons. The Labute approximate surface area is 84.7 Å². The molecule has 1 atom stereocenters. The van der Waals surface area contributed by atoms with Gasteiger partial charge in [-0.25, -0.2) is 0 Å². The van der Waals surface area contributed by atoms with Gasteiger partial charge < -0.3 is 5.11 Å². The molecule has 0 aromatic carbocycles. The predicted molar refractivity (Wildman–Crippen MR) is 55.1 cm³/mol. The van der Waals surface area contributed by atoms with Crippen LogP contribution in [0.5, 0.6) is 0 Å². The summed E-state index contributed by atoms with van der Waals surface area (Å²) in [6.07, 6.45) is 5.02. The number of aryl methyl sites for hydroxylation is 1. The molecule has 78 valence electrons. The zero-order valence-corrected chi connectivity index (χ0v) is 9.12. The lowest BCUT2D eigenvalue weighted by molar-refractivity contribution is 0.231. The summed E-state index contributed by atoms with van der Waals surface area (Å²) >= 11 is 0. The van der Waals surface area contributed by atoms with Gasteiger partial charge in [-0.3, -0.25) is 4.68 Å². The minimum absolute atomic E-state index is 0.0274. The number of hydrogen-bond donors (Lipinski definition) is 1. The molecule has 2 rings (SSSR count). The maximum absolute atomic E-state index is 9.49. The third-order valence-corrected chi connectivity index (χ3v) is 3.69. The van der Waals surface area contributed by atoms with Crippen molar-refractivity contribution in [1.82, 2.24) is 9.78 Å². The summed E-state index contributed by atoms with van der Waals surface area (Å²) in [6.45, 7) is 7.59. The molecule has 0 amide bonds. The molecule has 1 aromatic heterocycles. The molecule has 3 nitrogen and oxygen atoms in total. The second kappa shape index (κ2) is 2.83. The maximum atomic E-state index is 9.49. The second-order valence-electron chi connectivity index (χ2n) is 4.89. The van der Waals surface area contributed by atoms with E-state index in [0.717, 1.165) is 13.0 Å². The van der Waals surface area contributed by atoms with Gasteiger partial charge in [0.25, 0.3) is 0 Å². The summed E-state index contributed by atoms with van der Waals surface area (Å²) in [6, 6.07) is 0. The third-order valence-electron chi connectivity index (χ3n) is 3.69. The van der Waals surface area contributed by atoms with Crippen LogP contribution in [0.2, 0.25) is 0 Å². The van der Waals surface area contributed by atoms with Crippen LogP contribution in [0.15, 0.2) is 12.4 Å². The van der Waals surface area contributed by atoms with Gasteiger partial charge in [-0.1, -0.05) is 13.8 Å². The zero-order valence-electron chi connectivity index (χ0n) is 9.12. The number of aliphatic hydroxyl groups is 1. The Hall–Kier alpha value is -0.830. The van der Waals surface area contributed by atoms with E-state index in [1.165, 1.54) is 5.56 Å². The van der Waals surface area contributed by atoms with Gasteiger partial charge in [0.15, 0.2) is 0 Å². The van der Waals surface area contributed by atoms with Gasteiger partial charge in [0.05, 0.1) is 12.8 Å². The van der Waals surface area contributed by atoms with E-state index in [9.17, 15) is 5.11 Å². The van der Waals surface area contributed by atoms with Gasteiger partial charge in [0, 0.05) is 18.2 Å². The first-order valence-corrected chi connectivity index (χ1v) is 5.19. The van der Waals surface area contributed by atoms with E-state index >= 15 is 0 Å². The van der Waals surface area contributed by atoms with Gasteiger partial charge >= 0.3 is 0 Å². The van der Waals surface area contributed by atoms with Crippen LogP contribution in [0.25, 0.3) is 0 Å². The van der Waals surface area contributed by atoms with Gasteiger partial charge in [-0.15, -0.1) is 0 Å². The SMILES string of the molecule is CCn1cc(C2(CO)CC2(C)C)cn1. The summed E-state index contributed by atoms with van der Waals surface area (Å²) in [7, 11) is 0. The second-order valence-corrected chi connectivity index (χ2v) is 4.89. The van der Waals surface area contributed by atoms with E-state index in [1.54, 1.807) is 0 Å². The lowest BCUT2D eigenvalue weighted by Gasteiger charge is -2.15. The minimum atomic E-state index is -0.0274. The number of aromatic nitrogens is 2. The molecule has 1 N–H and O–H groups in total. The fourth-order valence-corrected chi connectivity index (χ4v) is 2.35. The molecule has 0 spiro atoms. The first kappa shape index (κ1) is 9.71. The van der Waals surface area contributed by atoms with Crippen LogP contribution in [0.1, 0.15) is 32.8 Å². The highest BCUT2D eigenvalue weighted by atomic mass is 16.3. The van der Waals surface area contributed by atoms with Gasteiger partial charge in [0.1, 0.15) is 0 Å². The number of aliphatic hydroxyl groups excluding tert-OH is 1. The topological polar surface area (TPSA) is 38.0 Å². The van der Waals surface area contributed by atoms with Crippen molar-refractivity contribution in [2.45, 2.75) is 39.2 Å². The fourth-order valence-electron chi connectivity index (χ4n) is 2.35. The van der Waals surface area contributed by atoms with Gasteiger partial charge in [0.2, 0.25) is 0 Å². The minimum Gasteiger partial charge on any atom is -0.395 e. The van der Waals surface area contributed by atoms with Crippen LogP contribution in [0, 0.1) is 5.41 Å². The van der Waals surface area contributed by atoms with Crippen molar-refractivity contribution in [2.75, 3.05) is 6.61 Å². The molecule has 0 aliphatic heterocycles. The summed E-state index contributed by atoms with van der Waals surface area (Å²) in [4.78, 5) is 0. The van der Waals surface area contributed by atoms with E-state index < -0.39 is 0 Å². The highest BCUT2D eigenvalue weighted by molar-refractivity contribution is 5.34. The molecule has 3 heteroatoms. The van der Waals surface area contributed by atoms with Crippen LogP contribution in [-0.4, -0.2) is 21.5 Å². The average Bonchev–Trinajstić information content (AvgIpc) is 2.57. The first-order valence-electron chi connectivity index (χ1n) is 5.19. The Balaban J connectivity index is 2.31. The van der Waals surface area contributed by atoms with Gasteiger partial charge in [-0.2, -0.15) is 5.10 Å². The van der Waals surface area contributed by atoms with Crippen LogP contribution < -0.4 is 0 Å². The van der Waals surface area contributed by atoms with Crippen LogP contribution in [-0.2, 0) is 12.0 Å². The van der Waals surface area contributed by atoms with Crippen LogP contribution >= 0.6 is 0 Å². The standard InChI is InChI=1S/C11H18N2O/c1-4-13-6-9(5-12-13)11(8-14)7-10(11,2)3/h5-6,14H,4,7-8H2,1-3H3. The lowest BCUT2D eigenvalue weighted by Crippen LogP contribution is -2.18. The van der Waals surface area contributed by atoms with E-state index in [1.807, 2.05) is 10.9 Å². The highest BCUT2D eigenvalue weighted by Crippen LogP contribution is 2.63. The molecular weight excluding hydrogens is 176 g/mol. The Morgan fingerprint density at radius 1 is 1.57 bits per heavy atom. The molecule has 1 aromatic rings. The highest BCUT2D eigenvalue weighted by Gasteiger charge is 2.62. The van der Waals surface area contributed by atoms with Crippen LogP contribution in [0.4, 0.5) is 0 Å². The quantitative estimate of drug-likeness (QED) is 0.793. The lowest BCUT2D eigenvalue weighted by atomic mass is 9.91. The normalized spacial score (nSPS) is 29.1. The Morgan fingerprint density at radius 2 is 2.21 bits per heavy atom. The number of nitrogens with zero attached hydrogens (tertiary/aromatic N) is 2. The zero-order chi connectivity index (χ0) is 10.4. The smallest absolute Gasteiger partial charge is 0.0534 e. The first-order chi connectivity index (χ1) is 6.55. The van der Waals surface area contributed by atoms with Gasteiger partial charge in [-0.05, 0) is 24.3 Å². The monoisotopic (exact) mass is 194 g/mol. The van der Waals surface area contributed by atoms with E-state index in [4.69, 9.17) is 0 Å². The van der Waals surface area contributed by atoms with Crippen LogP contribution in [0.3, 0.4) is 0 Å². The molecule has 1 saturated carbocycles. The fraction of sp³-hybridized carbons (Fsp3) is 0.727. The van der Waals surface area contributed by atoms with Crippen molar-refractivity contribution in [3.63, 3.8) is 0 Å². The summed E-state index contributed by atoms with van der Waals surface area (Å²) in [5.41, 5.74) is 1.39. The summed E-state index contributed by atoms with van der Waals surface area (Å²) in [5, 5.41) is 13.8. The number of hydrogen-bond acceptors (Lipinski definition) is 2. The largest absolute Gasteiger partial charge is 0.395 e. The molecule has 1 aliphatic rings. The van der Waals surface area contributed by atoms with Crippen molar-refractivity contribution in [3.8, 4) is 0 Å². The Morgan fingerprint density at radius 3 is 2.57 bits per heavy atom. The third kappa shape index (κ3) is 1.12. The number of rotatable bonds is 3. The summed E-state index contributed by atoms with van der Waals surface area (Å²) < 4.78 is 1.92. The van der Waals surface area contributed by atoms with E-state index in [0.29, 0.717) is 0 Å². The molecular formula is C11H18N2O. The predicted octanol–water partition coefficient (Wildman–Crippen LogP) is 1.56. The Bertz CT molecular complexity index is 343. The van der Waals surface area contributed by atoms with Crippen molar-refractivity contribution < 1.29 is 5.11 Å². The molecule has 1 fully saturated rings. The Kier molecular flexibility index (Phi) is 1.96. The van der Waals surface area contributed by atoms with Crippen molar-refractivity contribution in [1.29, 1.82) is 0 Å².